The largest absolute Gasteiger partial charge is 0.492 e. The zero-order valence-corrected chi connectivity index (χ0v) is 16.5. The number of nitrogens with two attached hydrogens (primary N) is 1. The molecule has 1 amide bonds. The van der Waals surface area contributed by atoms with Crippen LogP contribution in [-0.2, 0) is 0 Å². The van der Waals surface area contributed by atoms with Crippen molar-refractivity contribution in [2.75, 3.05) is 25.1 Å². The van der Waals surface area contributed by atoms with Crippen LogP contribution in [0.4, 0.5) is 11.6 Å². The van der Waals surface area contributed by atoms with Gasteiger partial charge in [-0.15, -0.1) is 0 Å². The fourth-order valence-corrected chi connectivity index (χ4v) is 4.03. The number of nitriles is 1. The molecule has 3 aliphatic rings. The molecule has 0 aliphatic carbocycles. The third-order valence-electron chi connectivity index (χ3n) is 5.35. The number of anilines is 1. The summed E-state index contributed by atoms with van der Waals surface area (Å²) in [7, 11) is 1.54. The summed E-state index contributed by atoms with van der Waals surface area (Å²) in [4.78, 5) is 30.0. The molecule has 0 saturated carbocycles. The maximum absolute atomic E-state index is 13.2. The normalized spacial score (nSPS) is 20.3. The molecule has 152 valence electrons. The van der Waals surface area contributed by atoms with Crippen molar-refractivity contribution in [1.82, 2.24) is 14.9 Å². The van der Waals surface area contributed by atoms with Gasteiger partial charge in [-0.2, -0.15) is 5.26 Å². The SMILES string of the molecule is COc1c(C#N)ccnc1N1C2CC1CN(C(=O)c1cccnc1N=CC=CN)C2. The Morgan fingerprint density at radius 1 is 1.33 bits per heavy atom. The van der Waals surface area contributed by atoms with Gasteiger partial charge in [-0.1, -0.05) is 0 Å². The summed E-state index contributed by atoms with van der Waals surface area (Å²) in [5, 5.41) is 9.34. The molecular formula is C21H21N7O2. The second kappa shape index (κ2) is 8.21. The molecule has 0 radical (unpaired) electrons. The van der Waals surface area contributed by atoms with E-state index in [4.69, 9.17) is 10.5 Å². The van der Waals surface area contributed by atoms with Crippen LogP contribution in [0.1, 0.15) is 22.3 Å². The summed E-state index contributed by atoms with van der Waals surface area (Å²) in [6.07, 6.45) is 8.63. The number of nitrogens with zero attached hydrogens (tertiary/aromatic N) is 6. The molecule has 3 fully saturated rings. The van der Waals surface area contributed by atoms with Crippen molar-refractivity contribution in [3.8, 4) is 11.8 Å². The van der Waals surface area contributed by atoms with Crippen molar-refractivity contribution in [1.29, 1.82) is 5.26 Å². The topological polar surface area (TPSA) is 121 Å². The number of rotatable bonds is 5. The highest BCUT2D eigenvalue weighted by atomic mass is 16.5. The maximum atomic E-state index is 13.2. The van der Waals surface area contributed by atoms with Crippen molar-refractivity contribution in [2.45, 2.75) is 18.5 Å². The summed E-state index contributed by atoms with van der Waals surface area (Å²) in [5.41, 5.74) is 6.23. The number of aliphatic imine (C=N–C) groups is 1. The molecular weight excluding hydrogens is 382 g/mol. The van der Waals surface area contributed by atoms with Crippen LogP contribution in [0.2, 0.25) is 0 Å². The number of carbonyl (C=O) groups excluding carboxylic acids is 1. The van der Waals surface area contributed by atoms with Gasteiger partial charge in [-0.25, -0.2) is 15.0 Å². The molecule has 9 heteroatoms. The van der Waals surface area contributed by atoms with Crippen LogP contribution in [0, 0.1) is 11.3 Å². The molecule has 2 unspecified atom stereocenters. The number of methoxy groups -OCH3 is 1. The van der Waals surface area contributed by atoms with Crippen LogP contribution in [0.3, 0.4) is 0 Å². The highest BCUT2D eigenvalue weighted by Gasteiger charge is 2.48. The van der Waals surface area contributed by atoms with Crippen LogP contribution in [0.25, 0.3) is 0 Å². The highest BCUT2D eigenvalue weighted by molar-refractivity contribution is 5.99. The molecule has 2 atom stereocenters. The Morgan fingerprint density at radius 3 is 2.83 bits per heavy atom. The van der Waals surface area contributed by atoms with E-state index in [-0.39, 0.29) is 18.0 Å². The first-order valence-electron chi connectivity index (χ1n) is 9.54. The third kappa shape index (κ3) is 3.33. The number of fused-ring (bicyclic) bond motifs is 2. The summed E-state index contributed by atoms with van der Waals surface area (Å²) in [6.45, 7) is 1.11. The van der Waals surface area contributed by atoms with Crippen LogP contribution in [-0.4, -0.2) is 59.3 Å². The molecule has 3 saturated heterocycles. The monoisotopic (exact) mass is 403 g/mol. The van der Waals surface area contributed by atoms with E-state index in [9.17, 15) is 10.1 Å². The molecule has 0 spiro atoms. The van der Waals surface area contributed by atoms with Gasteiger partial charge in [0.1, 0.15) is 6.07 Å². The number of ether oxygens (including phenoxy) is 1. The number of allylic oxidation sites excluding steroid dienone is 1. The van der Waals surface area contributed by atoms with E-state index in [1.807, 2.05) is 4.90 Å². The molecule has 2 aromatic rings. The minimum Gasteiger partial charge on any atom is -0.492 e. The number of amides is 1. The Morgan fingerprint density at radius 2 is 2.13 bits per heavy atom. The molecule has 2 N–H and O–H groups in total. The molecule has 3 aliphatic heterocycles. The van der Waals surface area contributed by atoms with Crippen molar-refractivity contribution >= 4 is 23.8 Å². The van der Waals surface area contributed by atoms with Gasteiger partial charge in [0.25, 0.3) is 5.91 Å². The van der Waals surface area contributed by atoms with Gasteiger partial charge >= 0.3 is 0 Å². The molecule has 30 heavy (non-hydrogen) atoms. The van der Waals surface area contributed by atoms with Crippen LogP contribution in [0.5, 0.6) is 5.75 Å². The quantitative estimate of drug-likeness (QED) is 0.753. The van der Waals surface area contributed by atoms with Gasteiger partial charge in [-0.3, -0.25) is 4.79 Å². The molecule has 5 rings (SSSR count). The summed E-state index contributed by atoms with van der Waals surface area (Å²) >= 11 is 0. The van der Waals surface area contributed by atoms with Gasteiger partial charge in [0.2, 0.25) is 0 Å². The number of piperazine rings is 1. The predicted octanol–water partition coefficient (Wildman–Crippen LogP) is 1.63. The lowest BCUT2D eigenvalue weighted by atomic mass is 9.86. The van der Waals surface area contributed by atoms with Crippen molar-refractivity contribution in [3.63, 3.8) is 0 Å². The third-order valence-corrected chi connectivity index (χ3v) is 5.35. The lowest BCUT2D eigenvalue weighted by Crippen LogP contribution is -2.70. The van der Waals surface area contributed by atoms with Crippen LogP contribution >= 0.6 is 0 Å². The second-order valence-electron chi connectivity index (χ2n) is 7.03. The number of pyridine rings is 2. The van der Waals surface area contributed by atoms with E-state index in [1.54, 1.807) is 36.7 Å². The molecule has 9 nitrogen and oxygen atoms in total. The number of carbonyl (C=O) groups is 1. The van der Waals surface area contributed by atoms with Crippen LogP contribution < -0.4 is 15.4 Å². The van der Waals surface area contributed by atoms with Gasteiger partial charge in [0.05, 0.1) is 30.3 Å². The first kappa shape index (κ1) is 19.4. The number of hydrogen-bond acceptors (Lipinski definition) is 8. The van der Waals surface area contributed by atoms with Crippen molar-refractivity contribution in [2.24, 2.45) is 10.7 Å². The Bertz CT molecular complexity index is 1050. The number of piperidine rings is 1. The Kier molecular flexibility index (Phi) is 5.30. The standard InChI is InChI=1S/C21H21N7O2/c1-30-18-14(11-23)5-9-26-20(18)28-15-10-16(28)13-27(12-15)21(29)17-4-2-7-24-19(17)25-8-3-6-22/h2-9,15-16H,10,12-13,22H2,1H3. The van der Waals surface area contributed by atoms with Crippen LogP contribution in [0.15, 0.2) is 47.9 Å². The van der Waals surface area contributed by atoms with Crippen molar-refractivity contribution < 1.29 is 9.53 Å². The summed E-state index contributed by atoms with van der Waals surface area (Å²) in [6, 6.07) is 7.47. The lowest BCUT2D eigenvalue weighted by molar-refractivity contribution is 0.0574. The van der Waals surface area contributed by atoms with E-state index < -0.39 is 0 Å². The maximum Gasteiger partial charge on any atom is 0.257 e. The Labute approximate surface area is 174 Å². The fraction of sp³-hybridized carbons (Fsp3) is 0.286. The fourth-order valence-electron chi connectivity index (χ4n) is 4.03. The van der Waals surface area contributed by atoms with E-state index in [0.29, 0.717) is 41.6 Å². The smallest absolute Gasteiger partial charge is 0.257 e. The first-order valence-corrected chi connectivity index (χ1v) is 9.54. The molecule has 2 bridgehead atoms. The Hall–Kier alpha value is -3.93. The minimum absolute atomic E-state index is 0.105. The van der Waals surface area contributed by atoms with Gasteiger partial charge in [0.15, 0.2) is 17.4 Å². The molecule has 2 aromatic heterocycles. The van der Waals surface area contributed by atoms with E-state index in [1.165, 1.54) is 19.5 Å². The zero-order valence-electron chi connectivity index (χ0n) is 16.5. The lowest BCUT2D eigenvalue weighted by Gasteiger charge is -2.57. The van der Waals surface area contributed by atoms with Gasteiger partial charge < -0.3 is 20.3 Å². The van der Waals surface area contributed by atoms with Gasteiger partial charge in [0, 0.05) is 31.7 Å². The van der Waals surface area contributed by atoms with Crippen molar-refractivity contribution in [3.05, 3.63) is 54.0 Å². The second-order valence-corrected chi connectivity index (χ2v) is 7.03. The number of hydrogen-bond donors (Lipinski definition) is 1. The minimum atomic E-state index is -0.105. The van der Waals surface area contributed by atoms with E-state index >= 15 is 0 Å². The van der Waals surface area contributed by atoms with Gasteiger partial charge in [-0.05, 0) is 36.9 Å². The van der Waals surface area contributed by atoms with E-state index in [0.717, 1.165) is 6.42 Å². The average Bonchev–Trinajstić information content (AvgIpc) is 2.79. The van der Waals surface area contributed by atoms with E-state index in [2.05, 4.69) is 25.9 Å². The molecule has 5 heterocycles. The highest BCUT2D eigenvalue weighted by Crippen LogP contribution is 2.41. The summed E-state index contributed by atoms with van der Waals surface area (Å²) in [5.74, 6) is 1.39. The summed E-state index contributed by atoms with van der Waals surface area (Å²) < 4.78 is 5.45. The molecule has 0 aromatic carbocycles. The average molecular weight is 403 g/mol. The zero-order chi connectivity index (χ0) is 21.1. The predicted molar refractivity (Wildman–Crippen MR) is 112 cm³/mol. The first-order chi connectivity index (χ1) is 14.7. The Balaban J connectivity index is 1.54. The number of aromatic nitrogens is 2.